The van der Waals surface area contributed by atoms with E-state index < -0.39 is 0 Å². The predicted molar refractivity (Wildman–Crippen MR) is 93.4 cm³/mol. The molecule has 0 spiro atoms. The normalized spacial score (nSPS) is 15.2. The van der Waals surface area contributed by atoms with E-state index >= 15 is 0 Å². The number of aryl methyl sites for hydroxylation is 1. The maximum atomic E-state index is 11.6. The molecule has 1 aromatic carbocycles. The van der Waals surface area contributed by atoms with Crippen molar-refractivity contribution in [1.82, 2.24) is 9.97 Å². The number of methoxy groups -OCH3 is 1. The topological polar surface area (TPSA) is 67.3 Å². The summed E-state index contributed by atoms with van der Waals surface area (Å²) in [7, 11) is 1.45. The van der Waals surface area contributed by atoms with Gasteiger partial charge in [-0.25, -0.2) is 9.97 Å². The molecule has 6 nitrogen and oxygen atoms in total. The van der Waals surface area contributed by atoms with E-state index in [-0.39, 0.29) is 11.9 Å². The smallest absolute Gasteiger partial charge is 0.308 e. The van der Waals surface area contributed by atoms with Gasteiger partial charge in [0.25, 0.3) is 0 Å². The zero-order valence-electron chi connectivity index (χ0n) is 14.0. The largest absolute Gasteiger partial charge is 0.469 e. The molecular weight excluding hydrogens is 304 g/mol. The number of carbonyl (C=O) groups is 1. The molecule has 6 heteroatoms. The van der Waals surface area contributed by atoms with E-state index in [0.29, 0.717) is 0 Å². The molecule has 0 unspecified atom stereocenters. The monoisotopic (exact) mass is 326 g/mol. The summed E-state index contributed by atoms with van der Waals surface area (Å²) in [4.78, 5) is 22.5. The second kappa shape index (κ2) is 7.29. The summed E-state index contributed by atoms with van der Waals surface area (Å²) < 4.78 is 4.83. The molecule has 1 N–H and O–H groups in total. The molecule has 0 amide bonds. The zero-order chi connectivity index (χ0) is 16.9. The SMILES string of the molecule is COC(=O)C1CCN(c2cc(Nc3cccc(C)c3)ncn2)CC1. The first-order chi connectivity index (χ1) is 11.7. The van der Waals surface area contributed by atoms with Crippen molar-refractivity contribution in [2.45, 2.75) is 19.8 Å². The Bertz CT molecular complexity index is 712. The molecule has 1 aromatic heterocycles. The fraction of sp³-hybridized carbons (Fsp3) is 0.389. The lowest BCUT2D eigenvalue weighted by molar-refractivity contribution is -0.146. The number of ether oxygens (including phenoxy) is 1. The summed E-state index contributed by atoms with van der Waals surface area (Å²) in [5, 5.41) is 3.31. The summed E-state index contributed by atoms with van der Waals surface area (Å²) in [6, 6.07) is 10.1. The minimum absolute atomic E-state index is 0.00187. The van der Waals surface area contributed by atoms with Crippen LogP contribution in [0.3, 0.4) is 0 Å². The Kier molecular flexibility index (Phi) is 4.93. The summed E-state index contributed by atoms with van der Waals surface area (Å²) in [6.45, 7) is 3.64. The number of anilines is 3. The first-order valence-electron chi connectivity index (χ1n) is 8.14. The molecule has 0 radical (unpaired) electrons. The third kappa shape index (κ3) is 3.82. The molecule has 126 valence electrons. The molecule has 0 aliphatic carbocycles. The minimum atomic E-state index is -0.112. The highest BCUT2D eigenvalue weighted by atomic mass is 16.5. The molecule has 1 aliphatic rings. The molecule has 0 saturated carbocycles. The highest BCUT2D eigenvalue weighted by Crippen LogP contribution is 2.24. The Labute approximate surface area is 141 Å². The number of hydrogen-bond acceptors (Lipinski definition) is 6. The highest BCUT2D eigenvalue weighted by molar-refractivity contribution is 5.72. The van der Waals surface area contributed by atoms with E-state index in [4.69, 9.17) is 4.74 Å². The Balaban J connectivity index is 1.67. The molecule has 1 aliphatic heterocycles. The quantitative estimate of drug-likeness (QED) is 0.872. The van der Waals surface area contributed by atoms with Gasteiger partial charge in [-0.2, -0.15) is 0 Å². The third-order valence-corrected chi connectivity index (χ3v) is 4.30. The van der Waals surface area contributed by atoms with Gasteiger partial charge in [-0.1, -0.05) is 12.1 Å². The molecule has 1 fully saturated rings. The van der Waals surface area contributed by atoms with Crippen LogP contribution in [0.1, 0.15) is 18.4 Å². The third-order valence-electron chi connectivity index (χ3n) is 4.30. The van der Waals surface area contributed by atoms with Crippen LogP contribution in [0.2, 0.25) is 0 Å². The van der Waals surface area contributed by atoms with Crippen LogP contribution in [-0.2, 0) is 9.53 Å². The summed E-state index contributed by atoms with van der Waals surface area (Å²) in [6.07, 6.45) is 3.15. The molecule has 0 bridgehead atoms. The number of rotatable bonds is 4. The number of piperidine rings is 1. The number of nitrogens with zero attached hydrogens (tertiary/aromatic N) is 3. The van der Waals surface area contributed by atoms with Gasteiger partial charge in [0, 0.05) is 24.8 Å². The number of benzene rings is 1. The van der Waals surface area contributed by atoms with E-state index in [2.05, 4.69) is 39.2 Å². The highest BCUT2D eigenvalue weighted by Gasteiger charge is 2.26. The Hall–Kier alpha value is -2.63. The van der Waals surface area contributed by atoms with Gasteiger partial charge in [0.1, 0.15) is 18.0 Å². The lowest BCUT2D eigenvalue weighted by atomic mass is 9.97. The van der Waals surface area contributed by atoms with Gasteiger partial charge in [0.2, 0.25) is 0 Å². The standard InChI is InChI=1S/C18H22N4O2/c1-13-4-3-5-15(10-13)21-16-11-17(20-12-19-16)22-8-6-14(7-9-22)18(23)24-2/h3-5,10-12,14H,6-9H2,1-2H3,(H,19,20,21). The van der Waals surface area contributed by atoms with E-state index in [1.807, 2.05) is 18.2 Å². The maximum Gasteiger partial charge on any atom is 0.308 e. The predicted octanol–water partition coefficient (Wildman–Crippen LogP) is 2.92. The Morgan fingerprint density at radius 2 is 2.04 bits per heavy atom. The van der Waals surface area contributed by atoms with Crippen LogP contribution >= 0.6 is 0 Å². The van der Waals surface area contributed by atoms with Crippen LogP contribution in [0.25, 0.3) is 0 Å². The van der Waals surface area contributed by atoms with Crippen molar-refractivity contribution in [1.29, 1.82) is 0 Å². The molecule has 1 saturated heterocycles. The van der Waals surface area contributed by atoms with Crippen LogP contribution in [0.15, 0.2) is 36.7 Å². The average Bonchev–Trinajstić information content (AvgIpc) is 2.61. The van der Waals surface area contributed by atoms with Gasteiger partial charge >= 0.3 is 5.97 Å². The number of esters is 1. The maximum absolute atomic E-state index is 11.6. The van der Waals surface area contributed by atoms with Crippen LogP contribution in [-0.4, -0.2) is 36.1 Å². The minimum Gasteiger partial charge on any atom is -0.469 e. The molecule has 3 rings (SSSR count). The van der Waals surface area contributed by atoms with E-state index in [1.54, 1.807) is 6.33 Å². The molecule has 24 heavy (non-hydrogen) atoms. The second-order valence-electron chi connectivity index (χ2n) is 6.04. The zero-order valence-corrected chi connectivity index (χ0v) is 14.0. The van der Waals surface area contributed by atoms with Crippen molar-refractivity contribution in [2.24, 2.45) is 5.92 Å². The Morgan fingerprint density at radius 3 is 2.75 bits per heavy atom. The van der Waals surface area contributed by atoms with Crippen LogP contribution in [0.4, 0.5) is 17.3 Å². The van der Waals surface area contributed by atoms with Crippen molar-refractivity contribution in [3.05, 3.63) is 42.2 Å². The lowest BCUT2D eigenvalue weighted by Crippen LogP contribution is -2.37. The first kappa shape index (κ1) is 16.2. The summed E-state index contributed by atoms with van der Waals surface area (Å²) >= 11 is 0. The fourth-order valence-electron chi connectivity index (χ4n) is 2.97. The average molecular weight is 326 g/mol. The Morgan fingerprint density at radius 1 is 1.25 bits per heavy atom. The molecule has 2 heterocycles. The van der Waals surface area contributed by atoms with Gasteiger partial charge in [-0.05, 0) is 37.5 Å². The number of hydrogen-bond donors (Lipinski definition) is 1. The van der Waals surface area contributed by atoms with Gasteiger partial charge in [0.05, 0.1) is 13.0 Å². The van der Waals surface area contributed by atoms with Crippen molar-refractivity contribution in [3.8, 4) is 0 Å². The molecular formula is C18H22N4O2. The van der Waals surface area contributed by atoms with Crippen molar-refractivity contribution < 1.29 is 9.53 Å². The van der Waals surface area contributed by atoms with Crippen LogP contribution < -0.4 is 10.2 Å². The van der Waals surface area contributed by atoms with Gasteiger partial charge in [-0.15, -0.1) is 0 Å². The van der Waals surface area contributed by atoms with E-state index in [1.165, 1.54) is 12.7 Å². The van der Waals surface area contributed by atoms with Crippen LogP contribution in [0.5, 0.6) is 0 Å². The molecule has 0 atom stereocenters. The molecule has 2 aromatic rings. The van der Waals surface area contributed by atoms with E-state index in [0.717, 1.165) is 43.3 Å². The van der Waals surface area contributed by atoms with Gasteiger partial charge < -0.3 is 15.0 Å². The number of aromatic nitrogens is 2. The summed E-state index contributed by atoms with van der Waals surface area (Å²) in [5.41, 5.74) is 2.20. The first-order valence-corrected chi connectivity index (χ1v) is 8.14. The number of nitrogens with one attached hydrogen (secondary N) is 1. The fourth-order valence-corrected chi connectivity index (χ4v) is 2.97. The van der Waals surface area contributed by atoms with Gasteiger partial charge in [0.15, 0.2) is 0 Å². The van der Waals surface area contributed by atoms with E-state index in [9.17, 15) is 4.79 Å². The van der Waals surface area contributed by atoms with Crippen molar-refractivity contribution >= 4 is 23.3 Å². The van der Waals surface area contributed by atoms with Gasteiger partial charge in [-0.3, -0.25) is 4.79 Å². The lowest BCUT2D eigenvalue weighted by Gasteiger charge is -2.31. The van der Waals surface area contributed by atoms with Crippen molar-refractivity contribution in [2.75, 3.05) is 30.4 Å². The number of carbonyl (C=O) groups excluding carboxylic acids is 1. The second-order valence-corrected chi connectivity index (χ2v) is 6.04. The van der Waals surface area contributed by atoms with Crippen molar-refractivity contribution in [3.63, 3.8) is 0 Å². The van der Waals surface area contributed by atoms with Crippen LogP contribution in [0, 0.1) is 12.8 Å². The summed E-state index contributed by atoms with van der Waals surface area (Å²) in [5.74, 6) is 1.53.